The first-order valence-electron chi connectivity index (χ1n) is 3.91. The molecule has 0 aromatic carbocycles. The minimum atomic E-state index is -0.370. The fraction of sp³-hybridized carbons (Fsp3) is 0.500. The molecular formula is C8H12N2O2. The van der Waals surface area contributed by atoms with Crippen LogP contribution in [0.1, 0.15) is 12.8 Å². The van der Waals surface area contributed by atoms with E-state index in [9.17, 15) is 9.59 Å². The molecule has 0 saturated carbocycles. The lowest BCUT2D eigenvalue weighted by atomic mass is 10.3. The van der Waals surface area contributed by atoms with Crippen molar-refractivity contribution in [2.45, 2.75) is 12.8 Å². The second-order valence-corrected chi connectivity index (χ2v) is 2.73. The topological polar surface area (TPSA) is 63.2 Å². The summed E-state index contributed by atoms with van der Waals surface area (Å²) in [5, 5.41) is 0. The molecule has 1 aliphatic rings. The SMILES string of the molecule is NC(=O)CC=CCC(=O)N1CC1. The van der Waals surface area contributed by atoms with E-state index < -0.39 is 0 Å². The van der Waals surface area contributed by atoms with Gasteiger partial charge in [-0.1, -0.05) is 12.2 Å². The first-order chi connectivity index (χ1) is 5.70. The molecule has 0 bridgehead atoms. The van der Waals surface area contributed by atoms with Gasteiger partial charge >= 0.3 is 0 Å². The number of rotatable bonds is 4. The Hall–Kier alpha value is -1.32. The lowest BCUT2D eigenvalue weighted by molar-refractivity contribution is -0.124. The second-order valence-electron chi connectivity index (χ2n) is 2.73. The van der Waals surface area contributed by atoms with Gasteiger partial charge in [-0.15, -0.1) is 0 Å². The third kappa shape index (κ3) is 3.18. The summed E-state index contributed by atoms with van der Waals surface area (Å²) in [5.74, 6) is -0.249. The van der Waals surface area contributed by atoms with Crippen molar-refractivity contribution in [2.24, 2.45) is 5.73 Å². The van der Waals surface area contributed by atoms with Crippen molar-refractivity contribution in [1.82, 2.24) is 4.90 Å². The van der Waals surface area contributed by atoms with Crippen LogP contribution >= 0.6 is 0 Å². The largest absolute Gasteiger partial charge is 0.369 e. The average molecular weight is 168 g/mol. The van der Waals surface area contributed by atoms with E-state index in [2.05, 4.69) is 0 Å². The summed E-state index contributed by atoms with van der Waals surface area (Å²) in [6.45, 7) is 1.75. The number of nitrogens with zero attached hydrogens (tertiary/aromatic N) is 1. The molecule has 0 aliphatic carbocycles. The number of hydrogen-bond donors (Lipinski definition) is 1. The Morgan fingerprint density at radius 1 is 1.25 bits per heavy atom. The normalized spacial score (nSPS) is 15.2. The monoisotopic (exact) mass is 168 g/mol. The van der Waals surface area contributed by atoms with E-state index in [4.69, 9.17) is 5.73 Å². The number of nitrogens with two attached hydrogens (primary N) is 1. The molecule has 0 spiro atoms. The molecule has 1 fully saturated rings. The summed E-state index contributed by atoms with van der Waals surface area (Å²) in [7, 11) is 0. The van der Waals surface area contributed by atoms with Gasteiger partial charge in [0.05, 0.1) is 0 Å². The highest BCUT2D eigenvalue weighted by molar-refractivity contribution is 5.80. The third-order valence-corrected chi connectivity index (χ3v) is 1.58. The van der Waals surface area contributed by atoms with Crippen molar-refractivity contribution in [1.29, 1.82) is 0 Å². The first-order valence-corrected chi connectivity index (χ1v) is 3.91. The maximum atomic E-state index is 11.0. The molecule has 0 unspecified atom stereocenters. The van der Waals surface area contributed by atoms with Gasteiger partial charge in [-0.3, -0.25) is 9.59 Å². The molecule has 2 N–H and O–H groups in total. The predicted octanol–water partition coefficient (Wildman–Crippen LogP) is -0.350. The quantitative estimate of drug-likeness (QED) is 0.460. The number of hydrogen-bond acceptors (Lipinski definition) is 2. The Labute approximate surface area is 71.0 Å². The Balaban J connectivity index is 2.11. The maximum Gasteiger partial charge on any atom is 0.226 e. The average Bonchev–Trinajstić information content (AvgIpc) is 2.79. The maximum absolute atomic E-state index is 11.0. The molecule has 4 heteroatoms. The van der Waals surface area contributed by atoms with Crippen LogP contribution in [0.2, 0.25) is 0 Å². The molecule has 2 amide bonds. The van der Waals surface area contributed by atoms with Crippen LogP contribution in [0.4, 0.5) is 0 Å². The minimum absolute atomic E-state index is 0.121. The van der Waals surface area contributed by atoms with E-state index in [1.165, 1.54) is 0 Å². The predicted molar refractivity (Wildman–Crippen MR) is 44.1 cm³/mol. The lowest BCUT2D eigenvalue weighted by Crippen LogP contribution is -2.09. The van der Waals surface area contributed by atoms with Crippen LogP contribution in [-0.2, 0) is 9.59 Å². The molecule has 0 aromatic heterocycles. The molecule has 0 radical (unpaired) electrons. The number of carbonyl (C=O) groups is 2. The van der Waals surface area contributed by atoms with Gasteiger partial charge in [-0.25, -0.2) is 0 Å². The molecular weight excluding hydrogens is 156 g/mol. The van der Waals surface area contributed by atoms with Crippen LogP contribution in [0.25, 0.3) is 0 Å². The molecule has 1 saturated heterocycles. The zero-order chi connectivity index (χ0) is 8.97. The fourth-order valence-electron chi connectivity index (χ4n) is 0.812. The van der Waals surface area contributed by atoms with E-state index in [1.807, 2.05) is 0 Å². The number of carbonyl (C=O) groups excluding carboxylic acids is 2. The summed E-state index contributed by atoms with van der Waals surface area (Å²) < 4.78 is 0. The van der Waals surface area contributed by atoms with Crippen LogP contribution in [0.3, 0.4) is 0 Å². The second kappa shape index (κ2) is 3.90. The Morgan fingerprint density at radius 2 is 1.83 bits per heavy atom. The van der Waals surface area contributed by atoms with Crippen molar-refractivity contribution in [3.63, 3.8) is 0 Å². The first kappa shape index (κ1) is 8.77. The molecule has 0 aromatic rings. The van der Waals surface area contributed by atoms with Crippen LogP contribution < -0.4 is 5.73 Å². The summed E-state index contributed by atoms with van der Waals surface area (Å²) >= 11 is 0. The molecule has 4 nitrogen and oxygen atoms in total. The number of primary amides is 1. The van der Waals surface area contributed by atoms with Gasteiger partial charge in [0.2, 0.25) is 11.8 Å². The highest BCUT2D eigenvalue weighted by Crippen LogP contribution is 2.06. The molecule has 1 heterocycles. The van der Waals surface area contributed by atoms with Crippen LogP contribution in [0, 0.1) is 0 Å². The Kier molecular flexibility index (Phi) is 2.85. The zero-order valence-corrected chi connectivity index (χ0v) is 6.82. The van der Waals surface area contributed by atoms with Crippen LogP contribution in [-0.4, -0.2) is 29.8 Å². The van der Waals surface area contributed by atoms with Gasteiger partial charge in [-0.2, -0.15) is 0 Å². The van der Waals surface area contributed by atoms with Gasteiger partial charge < -0.3 is 10.6 Å². The molecule has 0 atom stereocenters. The molecule has 12 heavy (non-hydrogen) atoms. The zero-order valence-electron chi connectivity index (χ0n) is 6.82. The summed E-state index contributed by atoms with van der Waals surface area (Å²) in [4.78, 5) is 23.0. The summed E-state index contributed by atoms with van der Waals surface area (Å²) in [6, 6.07) is 0. The Morgan fingerprint density at radius 3 is 2.33 bits per heavy atom. The fourth-order valence-corrected chi connectivity index (χ4v) is 0.812. The highest BCUT2D eigenvalue weighted by atomic mass is 16.2. The van der Waals surface area contributed by atoms with Crippen molar-refractivity contribution in [2.75, 3.05) is 13.1 Å². The van der Waals surface area contributed by atoms with Gasteiger partial charge in [0, 0.05) is 25.9 Å². The van der Waals surface area contributed by atoms with Gasteiger partial charge in [0.25, 0.3) is 0 Å². The van der Waals surface area contributed by atoms with Crippen LogP contribution in [0.15, 0.2) is 12.2 Å². The summed E-state index contributed by atoms with van der Waals surface area (Å²) in [5.41, 5.74) is 4.90. The van der Waals surface area contributed by atoms with E-state index in [0.717, 1.165) is 13.1 Å². The van der Waals surface area contributed by atoms with E-state index in [-0.39, 0.29) is 18.2 Å². The highest BCUT2D eigenvalue weighted by Gasteiger charge is 2.21. The Bertz CT molecular complexity index is 219. The van der Waals surface area contributed by atoms with E-state index in [1.54, 1.807) is 17.1 Å². The van der Waals surface area contributed by atoms with E-state index >= 15 is 0 Å². The van der Waals surface area contributed by atoms with Crippen molar-refractivity contribution >= 4 is 11.8 Å². The third-order valence-electron chi connectivity index (χ3n) is 1.58. The van der Waals surface area contributed by atoms with Crippen molar-refractivity contribution < 1.29 is 9.59 Å². The molecule has 1 aliphatic heterocycles. The van der Waals surface area contributed by atoms with Gasteiger partial charge in [-0.05, 0) is 0 Å². The van der Waals surface area contributed by atoms with E-state index in [0.29, 0.717) is 6.42 Å². The van der Waals surface area contributed by atoms with Gasteiger partial charge in [0.15, 0.2) is 0 Å². The van der Waals surface area contributed by atoms with Gasteiger partial charge in [0.1, 0.15) is 0 Å². The number of amides is 2. The standard InChI is InChI=1S/C8H12N2O2/c9-7(11)3-1-2-4-8(12)10-5-6-10/h1-2H,3-6H2,(H2,9,11). The lowest BCUT2D eigenvalue weighted by Gasteiger charge is -1.94. The van der Waals surface area contributed by atoms with Crippen molar-refractivity contribution in [3.05, 3.63) is 12.2 Å². The molecule has 1 rings (SSSR count). The minimum Gasteiger partial charge on any atom is -0.369 e. The smallest absolute Gasteiger partial charge is 0.226 e. The van der Waals surface area contributed by atoms with Crippen LogP contribution in [0.5, 0.6) is 0 Å². The van der Waals surface area contributed by atoms with Crippen molar-refractivity contribution in [3.8, 4) is 0 Å². The summed E-state index contributed by atoms with van der Waals surface area (Å²) in [6.07, 6.45) is 3.91. The molecule has 66 valence electrons.